The summed E-state index contributed by atoms with van der Waals surface area (Å²) in [5.41, 5.74) is 4.17. The molecule has 0 aliphatic heterocycles. The molecule has 1 aromatic heterocycles. The zero-order valence-corrected chi connectivity index (χ0v) is 12.5. The molecular formula is C14H15BrN4. The highest BCUT2D eigenvalue weighted by atomic mass is 79.9. The van der Waals surface area contributed by atoms with Crippen molar-refractivity contribution in [3.05, 3.63) is 45.7 Å². The Bertz CT molecular complexity index is 608. The highest BCUT2D eigenvalue weighted by molar-refractivity contribution is 9.10. The van der Waals surface area contributed by atoms with E-state index in [1.807, 2.05) is 42.9 Å². The summed E-state index contributed by atoms with van der Waals surface area (Å²) in [6.45, 7) is 2.68. The molecular weight excluding hydrogens is 304 g/mol. The van der Waals surface area contributed by atoms with E-state index >= 15 is 0 Å². The van der Waals surface area contributed by atoms with Crippen molar-refractivity contribution in [2.75, 3.05) is 5.32 Å². The molecule has 19 heavy (non-hydrogen) atoms. The van der Waals surface area contributed by atoms with Gasteiger partial charge >= 0.3 is 0 Å². The summed E-state index contributed by atoms with van der Waals surface area (Å²) in [4.78, 5) is 0. The monoisotopic (exact) mass is 318 g/mol. The zero-order valence-electron chi connectivity index (χ0n) is 10.9. The van der Waals surface area contributed by atoms with Crippen LogP contribution in [0.25, 0.3) is 0 Å². The predicted molar refractivity (Wildman–Crippen MR) is 78.7 cm³/mol. The Morgan fingerprint density at radius 1 is 1.37 bits per heavy atom. The summed E-state index contributed by atoms with van der Waals surface area (Å²) in [5, 5.41) is 16.3. The molecule has 2 aromatic rings. The van der Waals surface area contributed by atoms with Crippen LogP contribution in [0.3, 0.4) is 0 Å². The van der Waals surface area contributed by atoms with Gasteiger partial charge in [-0.1, -0.05) is 12.1 Å². The van der Waals surface area contributed by atoms with E-state index in [0.29, 0.717) is 13.0 Å². The van der Waals surface area contributed by atoms with E-state index in [9.17, 15) is 0 Å². The maximum absolute atomic E-state index is 8.62. The summed E-state index contributed by atoms with van der Waals surface area (Å²) >= 11 is 3.55. The molecule has 0 radical (unpaired) electrons. The number of anilines is 1. The molecule has 98 valence electrons. The lowest BCUT2D eigenvalue weighted by molar-refractivity contribution is 0.712. The first kappa shape index (κ1) is 13.6. The Kier molecular flexibility index (Phi) is 4.23. The molecule has 1 aromatic carbocycles. The van der Waals surface area contributed by atoms with E-state index in [0.717, 1.165) is 27.1 Å². The molecule has 0 amide bonds. The highest BCUT2D eigenvalue weighted by Crippen LogP contribution is 2.21. The van der Waals surface area contributed by atoms with Gasteiger partial charge in [-0.3, -0.25) is 4.68 Å². The van der Waals surface area contributed by atoms with Crippen molar-refractivity contribution >= 4 is 21.6 Å². The number of nitrogens with zero attached hydrogens (tertiary/aromatic N) is 3. The lowest BCUT2D eigenvalue weighted by Crippen LogP contribution is -2.06. The Labute approximate surface area is 121 Å². The second kappa shape index (κ2) is 5.89. The van der Waals surface area contributed by atoms with Gasteiger partial charge in [-0.2, -0.15) is 10.4 Å². The first-order valence-corrected chi connectivity index (χ1v) is 6.79. The zero-order chi connectivity index (χ0) is 13.8. The van der Waals surface area contributed by atoms with Crippen molar-refractivity contribution in [1.82, 2.24) is 9.78 Å². The van der Waals surface area contributed by atoms with E-state index in [1.165, 1.54) is 0 Å². The number of benzene rings is 1. The Morgan fingerprint density at radius 2 is 2.05 bits per heavy atom. The van der Waals surface area contributed by atoms with Crippen LogP contribution in [0.2, 0.25) is 0 Å². The van der Waals surface area contributed by atoms with E-state index in [-0.39, 0.29) is 0 Å². The molecule has 0 saturated carbocycles. The van der Waals surface area contributed by atoms with Crippen LogP contribution in [-0.4, -0.2) is 9.78 Å². The van der Waals surface area contributed by atoms with Gasteiger partial charge in [-0.05, 0) is 40.5 Å². The summed E-state index contributed by atoms with van der Waals surface area (Å²) in [5.74, 6) is 0. The maximum atomic E-state index is 8.62. The number of halogens is 1. The van der Waals surface area contributed by atoms with Crippen molar-refractivity contribution in [2.24, 2.45) is 7.05 Å². The third kappa shape index (κ3) is 3.15. The van der Waals surface area contributed by atoms with Crippen LogP contribution in [0.15, 0.2) is 28.7 Å². The third-order valence-corrected chi connectivity index (χ3v) is 3.99. The van der Waals surface area contributed by atoms with Crippen molar-refractivity contribution in [3.63, 3.8) is 0 Å². The molecule has 0 atom stereocenters. The van der Waals surface area contributed by atoms with Gasteiger partial charge in [-0.15, -0.1) is 0 Å². The number of hydrogen-bond acceptors (Lipinski definition) is 3. The third-order valence-electron chi connectivity index (χ3n) is 2.96. The molecule has 4 nitrogen and oxygen atoms in total. The minimum absolute atomic E-state index is 0.451. The topological polar surface area (TPSA) is 53.6 Å². The Balaban J connectivity index is 2.04. The molecule has 0 unspecified atom stereocenters. The molecule has 0 fully saturated rings. The van der Waals surface area contributed by atoms with Gasteiger partial charge in [0.05, 0.1) is 34.9 Å². The molecule has 1 N–H and O–H groups in total. The van der Waals surface area contributed by atoms with Crippen LogP contribution in [0.4, 0.5) is 5.69 Å². The first-order valence-electron chi connectivity index (χ1n) is 5.99. The number of rotatable bonds is 4. The van der Waals surface area contributed by atoms with Crippen LogP contribution >= 0.6 is 15.9 Å². The van der Waals surface area contributed by atoms with Gasteiger partial charge in [0.2, 0.25) is 0 Å². The molecule has 2 rings (SSSR count). The molecule has 0 aliphatic carbocycles. The normalized spacial score (nSPS) is 10.2. The minimum atomic E-state index is 0.451. The van der Waals surface area contributed by atoms with Crippen molar-refractivity contribution in [3.8, 4) is 6.07 Å². The number of aromatic nitrogens is 2. The van der Waals surface area contributed by atoms with Gasteiger partial charge in [0, 0.05) is 12.7 Å². The summed E-state index contributed by atoms with van der Waals surface area (Å²) in [6, 6.07) is 10.1. The standard InChI is InChI=1S/C14H15BrN4/c1-10-14(15)13(19(2)18-10)9-17-12-5-3-11(4-6-12)7-8-16/h3-6,17H,7,9H2,1-2H3. The lowest BCUT2D eigenvalue weighted by Gasteiger charge is -2.08. The van der Waals surface area contributed by atoms with Gasteiger partial charge in [0.1, 0.15) is 0 Å². The molecule has 0 saturated heterocycles. The van der Waals surface area contributed by atoms with E-state index in [2.05, 4.69) is 32.4 Å². The van der Waals surface area contributed by atoms with Crippen LogP contribution in [-0.2, 0) is 20.0 Å². The fourth-order valence-electron chi connectivity index (χ4n) is 1.89. The van der Waals surface area contributed by atoms with Gasteiger partial charge < -0.3 is 5.32 Å². The smallest absolute Gasteiger partial charge is 0.0739 e. The number of nitriles is 1. The second-order valence-electron chi connectivity index (χ2n) is 4.36. The quantitative estimate of drug-likeness (QED) is 0.942. The van der Waals surface area contributed by atoms with Crippen LogP contribution in [0, 0.1) is 18.3 Å². The summed E-state index contributed by atoms with van der Waals surface area (Å²) in [7, 11) is 1.94. The molecule has 0 bridgehead atoms. The predicted octanol–water partition coefficient (Wildman–Crippen LogP) is 3.17. The Hall–Kier alpha value is -1.80. The van der Waals surface area contributed by atoms with E-state index < -0.39 is 0 Å². The molecule has 5 heteroatoms. The van der Waals surface area contributed by atoms with Crippen LogP contribution in [0.5, 0.6) is 0 Å². The number of aryl methyl sites for hydroxylation is 2. The molecule has 0 aliphatic rings. The summed E-state index contributed by atoms with van der Waals surface area (Å²) in [6.07, 6.45) is 0.451. The van der Waals surface area contributed by atoms with Gasteiger partial charge in [0.25, 0.3) is 0 Å². The Morgan fingerprint density at radius 3 is 2.58 bits per heavy atom. The number of nitrogens with one attached hydrogen (secondary N) is 1. The highest BCUT2D eigenvalue weighted by Gasteiger charge is 2.09. The van der Waals surface area contributed by atoms with Gasteiger partial charge in [-0.25, -0.2) is 0 Å². The first-order chi connectivity index (χ1) is 9.11. The fraction of sp³-hybridized carbons (Fsp3) is 0.286. The van der Waals surface area contributed by atoms with E-state index in [1.54, 1.807) is 0 Å². The van der Waals surface area contributed by atoms with E-state index in [4.69, 9.17) is 5.26 Å². The van der Waals surface area contributed by atoms with Crippen molar-refractivity contribution < 1.29 is 0 Å². The number of hydrogen-bond donors (Lipinski definition) is 1. The fourth-order valence-corrected chi connectivity index (χ4v) is 2.37. The van der Waals surface area contributed by atoms with Gasteiger partial charge in [0.15, 0.2) is 0 Å². The van der Waals surface area contributed by atoms with Crippen molar-refractivity contribution in [2.45, 2.75) is 19.9 Å². The minimum Gasteiger partial charge on any atom is -0.379 e. The van der Waals surface area contributed by atoms with Crippen molar-refractivity contribution in [1.29, 1.82) is 5.26 Å². The average Bonchev–Trinajstić information content (AvgIpc) is 2.64. The average molecular weight is 319 g/mol. The SMILES string of the molecule is Cc1nn(C)c(CNc2ccc(CC#N)cc2)c1Br. The molecule has 0 spiro atoms. The largest absolute Gasteiger partial charge is 0.379 e. The second-order valence-corrected chi connectivity index (χ2v) is 5.15. The molecule has 1 heterocycles. The lowest BCUT2D eigenvalue weighted by atomic mass is 10.1. The van der Waals surface area contributed by atoms with Crippen LogP contribution < -0.4 is 5.32 Å². The maximum Gasteiger partial charge on any atom is 0.0739 e. The van der Waals surface area contributed by atoms with Crippen LogP contribution in [0.1, 0.15) is 17.0 Å². The summed E-state index contributed by atoms with van der Waals surface area (Å²) < 4.78 is 2.92.